The third kappa shape index (κ3) is 3.94. The standard InChI is InChI=1S/C14H28N2O/c1-3-12-5-6-15-13(9-12)10-16-7-8-17-14(4-2)11-16/h12-15H,3-11H2,1-2H3. The highest BCUT2D eigenvalue weighted by molar-refractivity contribution is 4.82. The van der Waals surface area contributed by atoms with Crippen LogP contribution in [0.3, 0.4) is 0 Å². The Morgan fingerprint density at radius 3 is 2.94 bits per heavy atom. The van der Waals surface area contributed by atoms with E-state index in [1.807, 2.05) is 0 Å². The first kappa shape index (κ1) is 13.3. The molecule has 0 saturated carbocycles. The first-order chi connectivity index (χ1) is 8.31. The summed E-state index contributed by atoms with van der Waals surface area (Å²) in [7, 11) is 0. The molecule has 2 aliphatic rings. The van der Waals surface area contributed by atoms with Gasteiger partial charge in [0.05, 0.1) is 12.7 Å². The molecule has 0 aliphatic carbocycles. The second-order valence-electron chi connectivity index (χ2n) is 5.61. The van der Waals surface area contributed by atoms with E-state index in [1.165, 1.54) is 32.4 Å². The number of hydrogen-bond donors (Lipinski definition) is 1. The maximum Gasteiger partial charge on any atom is 0.0700 e. The summed E-state index contributed by atoms with van der Waals surface area (Å²) in [4.78, 5) is 2.59. The van der Waals surface area contributed by atoms with Gasteiger partial charge in [-0.1, -0.05) is 20.3 Å². The van der Waals surface area contributed by atoms with Gasteiger partial charge in [-0.2, -0.15) is 0 Å². The van der Waals surface area contributed by atoms with Crippen molar-refractivity contribution < 1.29 is 4.74 Å². The lowest BCUT2D eigenvalue weighted by Gasteiger charge is -2.37. The lowest BCUT2D eigenvalue weighted by Crippen LogP contribution is -2.50. The topological polar surface area (TPSA) is 24.5 Å². The predicted octanol–water partition coefficient (Wildman–Crippen LogP) is 1.88. The van der Waals surface area contributed by atoms with Gasteiger partial charge in [0.2, 0.25) is 0 Å². The van der Waals surface area contributed by atoms with Gasteiger partial charge in [0.15, 0.2) is 0 Å². The summed E-state index contributed by atoms with van der Waals surface area (Å²) in [6.07, 6.45) is 5.69. The van der Waals surface area contributed by atoms with Crippen molar-refractivity contribution in [1.82, 2.24) is 10.2 Å². The number of rotatable bonds is 4. The molecule has 0 amide bonds. The second-order valence-corrected chi connectivity index (χ2v) is 5.61. The number of morpholine rings is 1. The van der Waals surface area contributed by atoms with Crippen LogP contribution in [0.5, 0.6) is 0 Å². The summed E-state index contributed by atoms with van der Waals surface area (Å²) < 4.78 is 5.73. The van der Waals surface area contributed by atoms with Gasteiger partial charge in [0.1, 0.15) is 0 Å². The summed E-state index contributed by atoms with van der Waals surface area (Å²) >= 11 is 0. The highest BCUT2D eigenvalue weighted by Gasteiger charge is 2.25. The zero-order chi connectivity index (χ0) is 12.1. The first-order valence-corrected chi connectivity index (χ1v) is 7.39. The third-order valence-electron chi connectivity index (χ3n) is 4.34. The van der Waals surface area contributed by atoms with Gasteiger partial charge in [-0.25, -0.2) is 0 Å². The number of nitrogens with zero attached hydrogens (tertiary/aromatic N) is 1. The quantitative estimate of drug-likeness (QED) is 0.812. The lowest BCUT2D eigenvalue weighted by atomic mass is 9.90. The molecule has 3 unspecified atom stereocenters. The maximum atomic E-state index is 5.73. The molecule has 0 bridgehead atoms. The van der Waals surface area contributed by atoms with Crippen LogP contribution in [0.25, 0.3) is 0 Å². The summed E-state index contributed by atoms with van der Waals surface area (Å²) in [5, 5.41) is 3.68. The van der Waals surface area contributed by atoms with Crippen LogP contribution in [0.1, 0.15) is 39.5 Å². The molecule has 0 aromatic rings. The second kappa shape index (κ2) is 6.72. The maximum absolute atomic E-state index is 5.73. The van der Waals surface area contributed by atoms with E-state index in [9.17, 15) is 0 Å². The molecule has 2 aliphatic heterocycles. The van der Waals surface area contributed by atoms with Crippen LogP contribution in [0.4, 0.5) is 0 Å². The van der Waals surface area contributed by atoms with Crippen molar-refractivity contribution in [3.05, 3.63) is 0 Å². The van der Waals surface area contributed by atoms with E-state index in [-0.39, 0.29) is 0 Å². The fourth-order valence-electron chi connectivity index (χ4n) is 3.11. The molecule has 3 atom stereocenters. The van der Waals surface area contributed by atoms with Gasteiger partial charge in [0.25, 0.3) is 0 Å². The molecule has 0 spiro atoms. The zero-order valence-corrected chi connectivity index (χ0v) is 11.5. The Morgan fingerprint density at radius 2 is 2.18 bits per heavy atom. The molecule has 0 aromatic carbocycles. The van der Waals surface area contributed by atoms with Gasteiger partial charge in [0, 0.05) is 25.7 Å². The van der Waals surface area contributed by atoms with Crippen LogP contribution in [0.15, 0.2) is 0 Å². The van der Waals surface area contributed by atoms with Crippen molar-refractivity contribution in [3.8, 4) is 0 Å². The van der Waals surface area contributed by atoms with Crippen molar-refractivity contribution in [2.75, 3.05) is 32.8 Å². The molecule has 2 saturated heterocycles. The van der Waals surface area contributed by atoms with Crippen LogP contribution in [-0.2, 0) is 4.74 Å². The average molecular weight is 240 g/mol. The molecule has 2 rings (SSSR count). The molecule has 0 aromatic heterocycles. The number of nitrogens with one attached hydrogen (secondary N) is 1. The van der Waals surface area contributed by atoms with Crippen molar-refractivity contribution in [2.24, 2.45) is 5.92 Å². The van der Waals surface area contributed by atoms with E-state index in [1.54, 1.807) is 0 Å². The average Bonchev–Trinajstić information content (AvgIpc) is 2.39. The zero-order valence-electron chi connectivity index (χ0n) is 11.5. The van der Waals surface area contributed by atoms with Crippen LogP contribution in [-0.4, -0.2) is 49.8 Å². The van der Waals surface area contributed by atoms with Crippen molar-refractivity contribution in [1.29, 1.82) is 0 Å². The minimum absolute atomic E-state index is 0.467. The largest absolute Gasteiger partial charge is 0.376 e. The number of piperidine rings is 1. The monoisotopic (exact) mass is 240 g/mol. The minimum Gasteiger partial charge on any atom is -0.376 e. The number of ether oxygens (including phenoxy) is 1. The Bertz CT molecular complexity index is 200. The summed E-state index contributed by atoms with van der Waals surface area (Å²) in [5.41, 5.74) is 0. The molecule has 1 N–H and O–H groups in total. The smallest absolute Gasteiger partial charge is 0.0700 e. The summed E-state index contributed by atoms with van der Waals surface area (Å²) in [6.45, 7) is 10.1. The SMILES string of the molecule is CCC1CCNC(CN2CCOC(CC)C2)C1. The van der Waals surface area contributed by atoms with E-state index in [2.05, 4.69) is 24.1 Å². The number of hydrogen-bond acceptors (Lipinski definition) is 3. The van der Waals surface area contributed by atoms with Crippen LogP contribution in [0.2, 0.25) is 0 Å². The van der Waals surface area contributed by atoms with Crippen LogP contribution >= 0.6 is 0 Å². The molecular formula is C14H28N2O. The molecule has 3 nitrogen and oxygen atoms in total. The fourth-order valence-corrected chi connectivity index (χ4v) is 3.11. The predicted molar refractivity (Wildman–Crippen MR) is 71.3 cm³/mol. The Labute approximate surface area is 106 Å². The fraction of sp³-hybridized carbons (Fsp3) is 1.00. The van der Waals surface area contributed by atoms with E-state index in [4.69, 9.17) is 4.74 Å². The van der Waals surface area contributed by atoms with E-state index in [0.717, 1.165) is 32.0 Å². The van der Waals surface area contributed by atoms with Gasteiger partial charge in [-0.05, 0) is 31.7 Å². The normalized spacial score (nSPS) is 36.0. The molecule has 100 valence electrons. The van der Waals surface area contributed by atoms with Crippen molar-refractivity contribution in [2.45, 2.75) is 51.7 Å². The summed E-state index contributed by atoms with van der Waals surface area (Å²) in [5.74, 6) is 0.948. The first-order valence-electron chi connectivity index (χ1n) is 7.39. The highest BCUT2D eigenvalue weighted by Crippen LogP contribution is 2.20. The van der Waals surface area contributed by atoms with Gasteiger partial charge < -0.3 is 10.1 Å². The third-order valence-corrected chi connectivity index (χ3v) is 4.34. The van der Waals surface area contributed by atoms with E-state index in [0.29, 0.717) is 12.1 Å². The Morgan fingerprint density at radius 1 is 1.29 bits per heavy atom. The minimum atomic E-state index is 0.467. The Kier molecular flexibility index (Phi) is 5.26. The van der Waals surface area contributed by atoms with Gasteiger partial charge in [-0.3, -0.25) is 4.90 Å². The highest BCUT2D eigenvalue weighted by atomic mass is 16.5. The van der Waals surface area contributed by atoms with Crippen molar-refractivity contribution in [3.63, 3.8) is 0 Å². The lowest BCUT2D eigenvalue weighted by molar-refractivity contribution is -0.0335. The summed E-state index contributed by atoms with van der Waals surface area (Å²) in [6, 6.07) is 0.712. The van der Waals surface area contributed by atoms with E-state index < -0.39 is 0 Å². The van der Waals surface area contributed by atoms with E-state index >= 15 is 0 Å². The molecule has 2 fully saturated rings. The Balaban J connectivity index is 1.75. The molecule has 3 heteroatoms. The molecule has 0 radical (unpaired) electrons. The van der Waals surface area contributed by atoms with Crippen molar-refractivity contribution >= 4 is 0 Å². The molecule has 2 heterocycles. The Hall–Kier alpha value is -0.120. The van der Waals surface area contributed by atoms with Gasteiger partial charge in [-0.15, -0.1) is 0 Å². The molecule has 17 heavy (non-hydrogen) atoms. The van der Waals surface area contributed by atoms with Crippen LogP contribution < -0.4 is 5.32 Å². The van der Waals surface area contributed by atoms with Gasteiger partial charge >= 0.3 is 0 Å². The molecular weight excluding hydrogens is 212 g/mol. The van der Waals surface area contributed by atoms with Crippen LogP contribution in [0, 0.1) is 5.92 Å².